The number of carboxylic acids is 1. The molecule has 0 saturated carbocycles. The predicted molar refractivity (Wildman–Crippen MR) is 99.0 cm³/mol. The second-order valence-electron chi connectivity index (χ2n) is 5.51. The van der Waals surface area contributed by atoms with Crippen molar-refractivity contribution in [2.45, 2.75) is 4.90 Å². The molecule has 2 rings (SSSR count). The van der Waals surface area contributed by atoms with Gasteiger partial charge in [-0.1, -0.05) is 0 Å². The van der Waals surface area contributed by atoms with E-state index in [2.05, 4.69) is 4.72 Å². The molecule has 0 atom stereocenters. The van der Waals surface area contributed by atoms with Crippen molar-refractivity contribution in [2.24, 2.45) is 0 Å². The van der Waals surface area contributed by atoms with Crippen LogP contribution in [0.2, 0.25) is 0 Å². The fourth-order valence-corrected chi connectivity index (χ4v) is 3.51. The molecule has 0 aliphatic rings. The molecular weight excluding hydrogens is 374 g/mol. The van der Waals surface area contributed by atoms with Crippen LogP contribution < -0.4 is 14.2 Å². The molecule has 2 N–H and O–H groups in total. The molecule has 0 spiro atoms. The van der Waals surface area contributed by atoms with Gasteiger partial charge in [0.2, 0.25) is 10.0 Å². The van der Waals surface area contributed by atoms with Crippen molar-refractivity contribution < 1.29 is 32.5 Å². The van der Waals surface area contributed by atoms with Crippen molar-refractivity contribution in [1.82, 2.24) is 4.72 Å². The maximum absolute atomic E-state index is 12.5. The highest BCUT2D eigenvalue weighted by Crippen LogP contribution is 2.35. The van der Waals surface area contributed by atoms with Crippen LogP contribution in [0.1, 0.15) is 10.4 Å². The summed E-state index contributed by atoms with van der Waals surface area (Å²) >= 11 is 0. The largest absolute Gasteiger partial charge is 0.497 e. The van der Waals surface area contributed by atoms with E-state index < -0.39 is 16.0 Å². The Balaban J connectivity index is 2.58. The van der Waals surface area contributed by atoms with Crippen molar-refractivity contribution in [3.8, 4) is 22.6 Å². The first-order valence-corrected chi connectivity index (χ1v) is 9.40. The predicted octanol–water partition coefficient (Wildman–Crippen LogP) is 1.99. The van der Waals surface area contributed by atoms with Crippen LogP contribution in [-0.4, -0.2) is 54.0 Å². The van der Waals surface area contributed by atoms with Crippen LogP contribution in [0.5, 0.6) is 11.5 Å². The molecular formula is C18H21NO7S. The van der Waals surface area contributed by atoms with E-state index in [1.807, 2.05) is 0 Å². The zero-order valence-electron chi connectivity index (χ0n) is 15.2. The Kier molecular flexibility index (Phi) is 6.78. The molecule has 8 nitrogen and oxygen atoms in total. The number of carbonyl (C=O) groups is 1. The molecule has 0 radical (unpaired) electrons. The minimum atomic E-state index is -3.91. The third-order valence-corrected chi connectivity index (χ3v) is 5.22. The first-order valence-electron chi connectivity index (χ1n) is 7.91. The van der Waals surface area contributed by atoms with Gasteiger partial charge in [-0.15, -0.1) is 0 Å². The normalized spacial score (nSPS) is 11.2. The van der Waals surface area contributed by atoms with Crippen molar-refractivity contribution >= 4 is 16.0 Å². The van der Waals surface area contributed by atoms with Crippen LogP contribution in [0.3, 0.4) is 0 Å². The Hall–Kier alpha value is -2.62. The van der Waals surface area contributed by atoms with Gasteiger partial charge in [0.25, 0.3) is 0 Å². The number of methoxy groups -OCH3 is 3. The Morgan fingerprint density at radius 3 is 2.41 bits per heavy atom. The highest BCUT2D eigenvalue weighted by atomic mass is 32.2. The van der Waals surface area contributed by atoms with E-state index in [4.69, 9.17) is 14.2 Å². The van der Waals surface area contributed by atoms with E-state index in [0.29, 0.717) is 22.6 Å². The lowest BCUT2D eigenvalue weighted by atomic mass is 10.0. The van der Waals surface area contributed by atoms with Crippen molar-refractivity contribution in [3.05, 3.63) is 42.0 Å². The number of hydrogen-bond acceptors (Lipinski definition) is 6. The average molecular weight is 395 g/mol. The van der Waals surface area contributed by atoms with Gasteiger partial charge in [0.15, 0.2) is 0 Å². The van der Waals surface area contributed by atoms with Gasteiger partial charge in [-0.2, -0.15) is 0 Å². The molecule has 2 aromatic rings. The molecule has 27 heavy (non-hydrogen) atoms. The van der Waals surface area contributed by atoms with E-state index in [1.165, 1.54) is 33.5 Å². The summed E-state index contributed by atoms with van der Waals surface area (Å²) in [6.07, 6.45) is 0. The van der Waals surface area contributed by atoms with Crippen molar-refractivity contribution in [3.63, 3.8) is 0 Å². The topological polar surface area (TPSA) is 111 Å². The summed E-state index contributed by atoms with van der Waals surface area (Å²) in [5.41, 5.74) is 0.772. The summed E-state index contributed by atoms with van der Waals surface area (Å²) in [5, 5.41) is 9.38. The van der Waals surface area contributed by atoms with E-state index in [-0.39, 0.29) is 23.6 Å². The van der Waals surface area contributed by atoms with E-state index in [1.54, 1.807) is 18.2 Å². The summed E-state index contributed by atoms with van der Waals surface area (Å²) in [6.45, 7) is 0.258. The summed E-state index contributed by atoms with van der Waals surface area (Å²) < 4.78 is 42.7. The van der Waals surface area contributed by atoms with Gasteiger partial charge in [-0.05, 0) is 35.9 Å². The molecule has 0 heterocycles. The lowest BCUT2D eigenvalue weighted by Crippen LogP contribution is -2.27. The molecule has 0 bridgehead atoms. The third-order valence-electron chi connectivity index (χ3n) is 3.78. The van der Waals surface area contributed by atoms with Crippen LogP contribution in [-0.2, 0) is 14.8 Å². The number of nitrogens with one attached hydrogen (secondary N) is 1. The van der Waals surface area contributed by atoms with Gasteiger partial charge < -0.3 is 19.3 Å². The maximum atomic E-state index is 12.5. The molecule has 2 aromatic carbocycles. The van der Waals surface area contributed by atoms with Crippen molar-refractivity contribution in [2.75, 3.05) is 34.5 Å². The fraction of sp³-hybridized carbons (Fsp3) is 0.278. The summed E-state index contributed by atoms with van der Waals surface area (Å²) in [7, 11) is 0.513. The minimum absolute atomic E-state index is 0.0668. The lowest BCUT2D eigenvalue weighted by molar-refractivity contribution is 0.0696. The first-order chi connectivity index (χ1) is 12.8. The highest BCUT2D eigenvalue weighted by molar-refractivity contribution is 7.89. The number of ether oxygens (including phenoxy) is 3. The molecule has 0 aliphatic carbocycles. The van der Waals surface area contributed by atoms with Gasteiger partial charge in [0.1, 0.15) is 11.5 Å². The number of hydrogen-bond donors (Lipinski definition) is 2. The van der Waals surface area contributed by atoms with Gasteiger partial charge in [-0.25, -0.2) is 17.9 Å². The maximum Gasteiger partial charge on any atom is 0.335 e. The third kappa shape index (κ3) is 4.97. The second kappa shape index (κ2) is 8.85. The average Bonchev–Trinajstić information content (AvgIpc) is 2.67. The smallest absolute Gasteiger partial charge is 0.335 e. The van der Waals surface area contributed by atoms with Gasteiger partial charge in [-0.3, -0.25) is 0 Å². The number of benzene rings is 2. The fourth-order valence-electron chi connectivity index (χ4n) is 2.43. The molecule has 0 fully saturated rings. The number of rotatable bonds is 9. The number of aromatic carboxylic acids is 1. The first kappa shape index (κ1) is 20.7. The van der Waals surface area contributed by atoms with Crippen LogP contribution in [0.15, 0.2) is 41.3 Å². The van der Waals surface area contributed by atoms with Gasteiger partial charge >= 0.3 is 5.97 Å². The molecule has 9 heteroatoms. The molecule has 146 valence electrons. The highest BCUT2D eigenvalue weighted by Gasteiger charge is 2.19. The minimum Gasteiger partial charge on any atom is -0.497 e. The molecule has 0 aromatic heterocycles. The van der Waals surface area contributed by atoms with Gasteiger partial charge in [0, 0.05) is 25.3 Å². The van der Waals surface area contributed by atoms with Crippen molar-refractivity contribution in [1.29, 1.82) is 0 Å². The van der Waals surface area contributed by atoms with Crippen LogP contribution in [0.25, 0.3) is 11.1 Å². The monoisotopic (exact) mass is 395 g/mol. The van der Waals surface area contributed by atoms with E-state index in [0.717, 1.165) is 6.07 Å². The zero-order valence-corrected chi connectivity index (χ0v) is 16.0. The standard InChI is InChI=1S/C18H21NO7S/c1-24-7-6-19-27(22,23)15-9-12(8-13(10-15)18(20)21)16-5-4-14(25-2)11-17(16)26-3/h4-5,8-11,19H,6-7H2,1-3H3,(H,20,21). The molecule has 0 amide bonds. The van der Waals surface area contributed by atoms with Crippen LogP contribution in [0.4, 0.5) is 0 Å². The lowest BCUT2D eigenvalue weighted by Gasteiger charge is -2.13. The van der Waals surface area contributed by atoms with Crippen LogP contribution in [0, 0.1) is 0 Å². The quantitative estimate of drug-likeness (QED) is 0.625. The van der Waals surface area contributed by atoms with E-state index in [9.17, 15) is 18.3 Å². The molecule has 0 saturated heterocycles. The number of sulfonamides is 1. The Morgan fingerprint density at radius 1 is 1.07 bits per heavy atom. The van der Waals surface area contributed by atoms with Crippen LogP contribution >= 0.6 is 0 Å². The van der Waals surface area contributed by atoms with E-state index >= 15 is 0 Å². The summed E-state index contributed by atoms with van der Waals surface area (Å²) in [6, 6.07) is 8.88. The Bertz CT molecular complexity index is 925. The SMILES string of the molecule is COCCNS(=O)(=O)c1cc(C(=O)O)cc(-c2ccc(OC)cc2OC)c1. The Morgan fingerprint density at radius 2 is 1.81 bits per heavy atom. The molecule has 0 unspecified atom stereocenters. The zero-order chi connectivity index (χ0) is 20.0. The second-order valence-corrected chi connectivity index (χ2v) is 7.27. The summed E-state index contributed by atoms with van der Waals surface area (Å²) in [4.78, 5) is 11.3. The Labute approximate surface area is 157 Å². The van der Waals surface area contributed by atoms with Gasteiger partial charge in [0.05, 0.1) is 31.3 Å². The number of carboxylic acid groups (broad SMARTS) is 1. The summed E-state index contributed by atoms with van der Waals surface area (Å²) in [5.74, 6) is -0.260. The molecule has 0 aliphatic heterocycles.